The van der Waals surface area contributed by atoms with Crippen LogP contribution in [0.15, 0.2) is 84.2 Å². The van der Waals surface area contributed by atoms with Crippen molar-refractivity contribution in [3.05, 3.63) is 112 Å². The number of fused-ring (bicyclic) bond motifs is 2. The Balaban J connectivity index is 1.48. The van der Waals surface area contributed by atoms with Crippen LogP contribution in [0.25, 0.3) is 22.1 Å². The van der Waals surface area contributed by atoms with Gasteiger partial charge in [0.25, 0.3) is 11.5 Å². The second-order valence-electron chi connectivity index (χ2n) is 9.14. The van der Waals surface area contributed by atoms with E-state index >= 15 is 0 Å². The molecule has 0 bridgehead atoms. The molecule has 0 fully saturated rings. The van der Waals surface area contributed by atoms with Gasteiger partial charge in [0.15, 0.2) is 5.82 Å². The fourth-order valence-corrected chi connectivity index (χ4v) is 4.58. The highest BCUT2D eigenvalue weighted by molar-refractivity contribution is 6.05. The van der Waals surface area contributed by atoms with E-state index in [1.807, 2.05) is 37.4 Å². The van der Waals surface area contributed by atoms with E-state index in [0.29, 0.717) is 39.2 Å². The number of nitrogens with two attached hydrogens (primary N) is 1. The first-order chi connectivity index (χ1) is 19.4. The molecule has 4 aromatic heterocycles. The predicted octanol–water partition coefficient (Wildman–Crippen LogP) is 2.63. The third-order valence-corrected chi connectivity index (χ3v) is 6.41. The number of nitrogen functional groups attached to an aromatic ring is 1. The monoisotopic (exact) mass is 529 g/mol. The maximum Gasteiger partial charge on any atom is 0.267 e. The Morgan fingerprint density at radius 3 is 2.62 bits per heavy atom. The van der Waals surface area contributed by atoms with E-state index in [1.165, 1.54) is 15.4 Å². The van der Waals surface area contributed by atoms with Crippen molar-refractivity contribution >= 4 is 28.1 Å². The van der Waals surface area contributed by atoms with Crippen LogP contribution >= 0.6 is 0 Å². The molecule has 11 heteroatoms. The third kappa shape index (κ3) is 4.33. The number of nitrogens with zero attached hydrogens (tertiary/aromatic N) is 7. The Bertz CT molecular complexity index is 2030. The lowest BCUT2D eigenvalue weighted by molar-refractivity contribution is 0.0940. The fourth-order valence-electron chi connectivity index (χ4n) is 4.58. The molecular formula is C29H23N9O2. The summed E-state index contributed by atoms with van der Waals surface area (Å²) in [5, 5.41) is 11.8. The quantitative estimate of drug-likeness (QED) is 0.335. The van der Waals surface area contributed by atoms with Gasteiger partial charge in [0.05, 0.1) is 28.1 Å². The lowest BCUT2D eigenvalue weighted by Crippen LogP contribution is -2.33. The van der Waals surface area contributed by atoms with Crippen molar-refractivity contribution in [2.75, 3.05) is 5.73 Å². The molecule has 196 valence electrons. The second kappa shape index (κ2) is 9.85. The average molecular weight is 530 g/mol. The van der Waals surface area contributed by atoms with E-state index in [1.54, 1.807) is 54.3 Å². The Hall–Kier alpha value is -5.76. The number of nitrogens with one attached hydrogen (secondary N) is 1. The number of anilines is 1. The highest BCUT2D eigenvalue weighted by Gasteiger charge is 2.24. The zero-order valence-corrected chi connectivity index (χ0v) is 21.6. The van der Waals surface area contributed by atoms with Gasteiger partial charge in [0.1, 0.15) is 23.4 Å². The molecule has 0 saturated heterocycles. The van der Waals surface area contributed by atoms with Crippen molar-refractivity contribution < 1.29 is 4.79 Å². The summed E-state index contributed by atoms with van der Waals surface area (Å²) in [6.07, 6.45) is 4.83. The van der Waals surface area contributed by atoms with Gasteiger partial charge in [-0.2, -0.15) is 5.10 Å². The Morgan fingerprint density at radius 1 is 1.02 bits per heavy atom. The van der Waals surface area contributed by atoms with E-state index < -0.39 is 11.9 Å². The molecule has 6 aromatic rings. The minimum atomic E-state index is -0.677. The van der Waals surface area contributed by atoms with E-state index in [2.05, 4.69) is 32.3 Å². The van der Waals surface area contributed by atoms with Crippen LogP contribution in [0, 0.1) is 11.8 Å². The topological polar surface area (TPSA) is 138 Å². The molecule has 3 N–H and O–H groups in total. The number of para-hydroxylation sites is 1. The molecular weight excluding hydrogens is 506 g/mol. The maximum atomic E-state index is 14.1. The molecule has 0 unspecified atom stereocenters. The zero-order valence-electron chi connectivity index (χ0n) is 21.6. The van der Waals surface area contributed by atoms with Crippen LogP contribution in [-0.4, -0.2) is 39.8 Å². The first kappa shape index (κ1) is 24.6. The van der Waals surface area contributed by atoms with Gasteiger partial charge < -0.3 is 11.1 Å². The summed E-state index contributed by atoms with van der Waals surface area (Å²) in [4.78, 5) is 36.4. The molecule has 0 radical (unpaired) electrons. The Kier molecular flexibility index (Phi) is 6.05. The average Bonchev–Trinajstić information content (AvgIpc) is 3.53. The van der Waals surface area contributed by atoms with Crippen molar-refractivity contribution in [1.29, 1.82) is 0 Å². The van der Waals surface area contributed by atoms with Crippen molar-refractivity contribution in [3.63, 3.8) is 0 Å². The van der Waals surface area contributed by atoms with Crippen LogP contribution in [0.1, 0.15) is 40.4 Å². The van der Waals surface area contributed by atoms with Gasteiger partial charge in [0.2, 0.25) is 0 Å². The van der Waals surface area contributed by atoms with E-state index in [-0.39, 0.29) is 16.9 Å². The maximum absolute atomic E-state index is 14.1. The summed E-state index contributed by atoms with van der Waals surface area (Å²) < 4.78 is 4.61. The number of aryl methyl sites for hydroxylation is 1. The third-order valence-electron chi connectivity index (χ3n) is 6.41. The second-order valence-corrected chi connectivity index (χ2v) is 9.14. The predicted molar refractivity (Wildman–Crippen MR) is 150 cm³/mol. The minimum absolute atomic E-state index is 0.0701. The summed E-state index contributed by atoms with van der Waals surface area (Å²) in [7, 11) is 1.81. The number of hydrogen-bond donors (Lipinski definition) is 2. The Morgan fingerprint density at radius 2 is 1.85 bits per heavy atom. The summed E-state index contributed by atoms with van der Waals surface area (Å²) >= 11 is 0. The number of amides is 1. The largest absolute Gasteiger partial charge is 0.382 e. The van der Waals surface area contributed by atoms with Crippen molar-refractivity contribution in [2.45, 2.75) is 13.0 Å². The summed E-state index contributed by atoms with van der Waals surface area (Å²) in [6, 6.07) is 17.3. The molecule has 0 aliphatic carbocycles. The van der Waals surface area contributed by atoms with Crippen LogP contribution in [0.5, 0.6) is 0 Å². The summed E-state index contributed by atoms with van der Waals surface area (Å²) in [6.45, 7) is 1.76. The van der Waals surface area contributed by atoms with Gasteiger partial charge in [-0.15, -0.1) is 5.10 Å². The van der Waals surface area contributed by atoms with Crippen LogP contribution < -0.4 is 16.6 Å². The standard InChI is InChI=1S/C29H23N9O2/c1-18(32-28(39)25-23-13-15-31-17-37(23)35-26(25)30)27-33-22-10-6-7-19(11-12-20-14-16-36(2)34-20)24(22)29(40)38(27)21-8-4-3-5-9-21/h3-10,13-18H,1-2H3,(H2,30,35)(H,32,39)/t18-/m0/s1. The molecule has 0 saturated carbocycles. The highest BCUT2D eigenvalue weighted by atomic mass is 16.2. The molecule has 0 aliphatic heterocycles. The molecule has 0 spiro atoms. The molecule has 2 aromatic carbocycles. The first-order valence-electron chi connectivity index (χ1n) is 12.4. The molecule has 1 amide bonds. The van der Waals surface area contributed by atoms with E-state index in [9.17, 15) is 9.59 Å². The number of aromatic nitrogens is 7. The van der Waals surface area contributed by atoms with Gasteiger partial charge in [-0.1, -0.05) is 30.2 Å². The number of carbonyl (C=O) groups is 1. The van der Waals surface area contributed by atoms with Gasteiger partial charge in [-0.25, -0.2) is 14.5 Å². The normalized spacial score (nSPS) is 11.8. The lowest BCUT2D eigenvalue weighted by Gasteiger charge is -2.20. The highest BCUT2D eigenvalue weighted by Crippen LogP contribution is 2.22. The van der Waals surface area contributed by atoms with Crippen molar-refractivity contribution in [1.82, 2.24) is 39.2 Å². The molecule has 4 heterocycles. The fraction of sp³-hybridized carbons (Fsp3) is 0.103. The Labute approximate surface area is 227 Å². The van der Waals surface area contributed by atoms with E-state index in [4.69, 9.17) is 10.7 Å². The molecule has 1 atom stereocenters. The molecule has 40 heavy (non-hydrogen) atoms. The van der Waals surface area contributed by atoms with Crippen LogP contribution in [0.2, 0.25) is 0 Å². The van der Waals surface area contributed by atoms with E-state index in [0.717, 1.165) is 0 Å². The molecule has 0 aliphatic rings. The smallest absolute Gasteiger partial charge is 0.267 e. The number of hydrogen-bond acceptors (Lipinski definition) is 7. The van der Waals surface area contributed by atoms with Gasteiger partial charge in [0, 0.05) is 25.0 Å². The summed E-state index contributed by atoms with van der Waals surface area (Å²) in [5.74, 6) is 6.07. The van der Waals surface area contributed by atoms with Crippen molar-refractivity contribution in [2.24, 2.45) is 7.05 Å². The van der Waals surface area contributed by atoms with Crippen molar-refractivity contribution in [3.8, 4) is 17.5 Å². The van der Waals surface area contributed by atoms with Crippen LogP contribution in [0.3, 0.4) is 0 Å². The number of benzene rings is 2. The molecule has 6 rings (SSSR count). The van der Waals surface area contributed by atoms with Gasteiger partial charge in [-0.3, -0.25) is 18.8 Å². The van der Waals surface area contributed by atoms with Gasteiger partial charge >= 0.3 is 0 Å². The minimum Gasteiger partial charge on any atom is -0.382 e. The van der Waals surface area contributed by atoms with Gasteiger partial charge in [-0.05, 0) is 49.2 Å². The number of rotatable bonds is 4. The first-order valence-corrected chi connectivity index (χ1v) is 12.4. The SMILES string of the molecule is C[C@H](NC(=O)c1c(N)nn2cnccc12)c1nc2cccc(C#Cc3ccn(C)n3)c2c(=O)n1-c1ccccc1. The summed E-state index contributed by atoms with van der Waals surface area (Å²) in [5.41, 5.74) is 8.68. The lowest BCUT2D eigenvalue weighted by atomic mass is 10.1. The van der Waals surface area contributed by atoms with Crippen LogP contribution in [-0.2, 0) is 7.05 Å². The van der Waals surface area contributed by atoms with Crippen LogP contribution in [0.4, 0.5) is 5.82 Å². The number of carbonyl (C=O) groups excluding carboxylic acids is 1. The molecule has 11 nitrogen and oxygen atoms in total. The zero-order chi connectivity index (χ0) is 27.8.